The second-order valence-corrected chi connectivity index (χ2v) is 4.70. The van der Waals surface area contributed by atoms with Crippen LogP contribution in [0.4, 0.5) is 8.78 Å². The van der Waals surface area contributed by atoms with E-state index in [1.807, 2.05) is 0 Å². The summed E-state index contributed by atoms with van der Waals surface area (Å²) in [6.07, 6.45) is 2.98. The monoisotopic (exact) mass is 218 g/mol. The maximum atomic E-state index is 12.7. The minimum Gasteiger partial charge on any atom is -0.350 e. The van der Waals surface area contributed by atoms with Crippen LogP contribution >= 0.6 is 0 Å². The first-order chi connectivity index (χ1) is 7.02. The van der Waals surface area contributed by atoms with E-state index in [0.29, 0.717) is 11.8 Å². The second-order valence-electron chi connectivity index (χ2n) is 4.70. The molecule has 0 heterocycles. The fraction of sp³-hybridized carbons (Fsp3) is 0.900. The van der Waals surface area contributed by atoms with Gasteiger partial charge in [-0.05, 0) is 31.1 Å². The molecule has 86 valence electrons. The smallest absolute Gasteiger partial charge is 0.277 e. The second kappa shape index (κ2) is 3.70. The molecule has 15 heavy (non-hydrogen) atoms. The van der Waals surface area contributed by atoms with E-state index < -0.39 is 19.0 Å². The molecular weight excluding hydrogens is 202 g/mol. The van der Waals surface area contributed by atoms with Crippen molar-refractivity contribution in [3.63, 3.8) is 0 Å². The van der Waals surface area contributed by atoms with Crippen LogP contribution in [0.25, 0.3) is 0 Å². The molecule has 0 spiro atoms. The molecular formula is C10H16F2N2O. The number of amides is 1. The van der Waals surface area contributed by atoms with Crippen molar-refractivity contribution in [3.8, 4) is 0 Å². The third-order valence-electron chi connectivity index (χ3n) is 3.43. The summed E-state index contributed by atoms with van der Waals surface area (Å²) in [6, 6.07) is 0. The molecule has 2 unspecified atom stereocenters. The zero-order valence-electron chi connectivity index (χ0n) is 8.51. The van der Waals surface area contributed by atoms with Crippen LogP contribution in [0.5, 0.6) is 0 Å². The first-order valence-corrected chi connectivity index (χ1v) is 5.37. The highest BCUT2D eigenvalue weighted by molar-refractivity contribution is 5.79. The molecule has 2 saturated carbocycles. The van der Waals surface area contributed by atoms with Crippen molar-refractivity contribution < 1.29 is 13.6 Å². The van der Waals surface area contributed by atoms with Gasteiger partial charge in [0.15, 0.2) is 0 Å². The van der Waals surface area contributed by atoms with Gasteiger partial charge in [-0.25, -0.2) is 8.78 Å². The van der Waals surface area contributed by atoms with E-state index in [1.165, 1.54) is 6.42 Å². The lowest BCUT2D eigenvalue weighted by Crippen LogP contribution is -2.43. The van der Waals surface area contributed by atoms with Gasteiger partial charge >= 0.3 is 0 Å². The molecule has 2 fully saturated rings. The standard InChI is InChI=1S/C10H16F2N2O/c11-10(12,4-13)5-14-9(15)8-2-6-1-7(6)3-8/h6-8H,1-5,13H2,(H,14,15). The zero-order chi connectivity index (χ0) is 11.1. The van der Waals surface area contributed by atoms with Crippen molar-refractivity contribution in [1.82, 2.24) is 5.32 Å². The van der Waals surface area contributed by atoms with Gasteiger partial charge in [-0.2, -0.15) is 0 Å². The van der Waals surface area contributed by atoms with Crippen LogP contribution in [-0.4, -0.2) is 24.9 Å². The first-order valence-electron chi connectivity index (χ1n) is 5.37. The summed E-state index contributed by atoms with van der Waals surface area (Å²) in [5.74, 6) is -1.86. The Morgan fingerprint density at radius 2 is 1.93 bits per heavy atom. The van der Waals surface area contributed by atoms with Crippen molar-refractivity contribution in [2.75, 3.05) is 13.1 Å². The summed E-state index contributed by atoms with van der Waals surface area (Å²) in [6.45, 7) is -1.35. The van der Waals surface area contributed by atoms with Crippen LogP contribution in [0.2, 0.25) is 0 Å². The Kier molecular flexibility index (Phi) is 2.66. The number of hydrogen-bond acceptors (Lipinski definition) is 2. The number of halogens is 2. The quantitative estimate of drug-likeness (QED) is 0.731. The van der Waals surface area contributed by atoms with Crippen LogP contribution in [0, 0.1) is 17.8 Å². The van der Waals surface area contributed by atoms with Crippen molar-refractivity contribution >= 4 is 5.91 Å². The van der Waals surface area contributed by atoms with Gasteiger partial charge in [0, 0.05) is 5.92 Å². The van der Waals surface area contributed by atoms with Gasteiger partial charge in [-0.1, -0.05) is 0 Å². The Morgan fingerprint density at radius 1 is 1.33 bits per heavy atom. The number of carbonyl (C=O) groups is 1. The van der Waals surface area contributed by atoms with E-state index in [4.69, 9.17) is 5.73 Å². The molecule has 2 rings (SSSR count). The van der Waals surface area contributed by atoms with Crippen LogP contribution in [0.3, 0.4) is 0 Å². The number of nitrogens with one attached hydrogen (secondary N) is 1. The minimum absolute atomic E-state index is 0.0395. The molecule has 2 aliphatic carbocycles. The van der Waals surface area contributed by atoms with Crippen LogP contribution in [0.1, 0.15) is 19.3 Å². The van der Waals surface area contributed by atoms with Crippen molar-refractivity contribution in [1.29, 1.82) is 0 Å². The molecule has 2 aliphatic rings. The van der Waals surface area contributed by atoms with E-state index in [9.17, 15) is 13.6 Å². The highest BCUT2D eigenvalue weighted by atomic mass is 19.3. The number of alkyl halides is 2. The van der Waals surface area contributed by atoms with Gasteiger partial charge in [-0.15, -0.1) is 0 Å². The van der Waals surface area contributed by atoms with E-state index in [2.05, 4.69) is 5.32 Å². The number of nitrogens with two attached hydrogens (primary N) is 1. The Hall–Kier alpha value is -0.710. The maximum absolute atomic E-state index is 12.7. The van der Waals surface area contributed by atoms with Gasteiger partial charge < -0.3 is 11.1 Å². The average molecular weight is 218 g/mol. The number of fused-ring (bicyclic) bond motifs is 1. The molecule has 3 N–H and O–H groups in total. The van der Waals surface area contributed by atoms with Gasteiger partial charge in [0.25, 0.3) is 5.92 Å². The van der Waals surface area contributed by atoms with Crippen molar-refractivity contribution in [2.45, 2.75) is 25.2 Å². The molecule has 0 radical (unpaired) electrons. The lowest BCUT2D eigenvalue weighted by molar-refractivity contribution is -0.126. The Labute approximate surface area is 87.4 Å². The van der Waals surface area contributed by atoms with Crippen molar-refractivity contribution in [3.05, 3.63) is 0 Å². The Bertz CT molecular complexity index is 260. The highest BCUT2D eigenvalue weighted by Gasteiger charge is 2.48. The summed E-state index contributed by atoms with van der Waals surface area (Å²) in [5.41, 5.74) is 4.87. The SMILES string of the molecule is NCC(F)(F)CNC(=O)C1CC2CC2C1. The first kappa shape index (κ1) is 10.8. The zero-order valence-corrected chi connectivity index (χ0v) is 8.51. The molecule has 3 nitrogen and oxygen atoms in total. The topological polar surface area (TPSA) is 55.1 Å². The summed E-state index contributed by atoms with van der Waals surface area (Å²) < 4.78 is 25.5. The highest BCUT2D eigenvalue weighted by Crippen LogP contribution is 2.54. The maximum Gasteiger partial charge on any atom is 0.277 e. The fourth-order valence-corrected chi connectivity index (χ4v) is 2.36. The van der Waals surface area contributed by atoms with Crippen LogP contribution in [0.15, 0.2) is 0 Å². The Morgan fingerprint density at radius 3 is 2.47 bits per heavy atom. The van der Waals surface area contributed by atoms with Crippen molar-refractivity contribution in [2.24, 2.45) is 23.5 Å². The third kappa shape index (κ3) is 2.45. The number of carbonyl (C=O) groups excluding carboxylic acids is 1. The summed E-state index contributed by atoms with van der Waals surface area (Å²) in [4.78, 5) is 11.5. The molecule has 0 aromatic rings. The average Bonchev–Trinajstić information content (AvgIpc) is 2.82. The summed E-state index contributed by atoms with van der Waals surface area (Å²) >= 11 is 0. The molecule has 0 saturated heterocycles. The molecule has 0 bridgehead atoms. The summed E-state index contributed by atoms with van der Waals surface area (Å²) in [5, 5.41) is 2.29. The molecule has 2 atom stereocenters. The van der Waals surface area contributed by atoms with Gasteiger partial charge in [0.05, 0.1) is 13.1 Å². The van der Waals surface area contributed by atoms with Gasteiger partial charge in [0.1, 0.15) is 0 Å². The lowest BCUT2D eigenvalue weighted by Gasteiger charge is -2.17. The molecule has 0 aromatic carbocycles. The number of hydrogen-bond donors (Lipinski definition) is 2. The van der Waals surface area contributed by atoms with E-state index >= 15 is 0 Å². The van der Waals surface area contributed by atoms with Crippen LogP contribution < -0.4 is 11.1 Å². The lowest BCUT2D eigenvalue weighted by atomic mass is 10.0. The third-order valence-corrected chi connectivity index (χ3v) is 3.43. The van der Waals surface area contributed by atoms with E-state index in [0.717, 1.165) is 12.8 Å². The minimum atomic E-state index is -2.98. The summed E-state index contributed by atoms with van der Waals surface area (Å²) in [7, 11) is 0. The van der Waals surface area contributed by atoms with E-state index in [-0.39, 0.29) is 11.8 Å². The Balaban J connectivity index is 1.73. The van der Waals surface area contributed by atoms with Crippen LogP contribution in [-0.2, 0) is 4.79 Å². The number of rotatable bonds is 4. The molecule has 5 heteroatoms. The van der Waals surface area contributed by atoms with E-state index in [1.54, 1.807) is 0 Å². The largest absolute Gasteiger partial charge is 0.350 e. The van der Waals surface area contributed by atoms with Gasteiger partial charge in [0.2, 0.25) is 5.91 Å². The molecule has 0 aliphatic heterocycles. The molecule has 0 aromatic heterocycles. The van der Waals surface area contributed by atoms with Gasteiger partial charge in [-0.3, -0.25) is 4.79 Å². The molecule has 1 amide bonds. The normalized spacial score (nSPS) is 33.7. The fourth-order valence-electron chi connectivity index (χ4n) is 2.36. The predicted molar refractivity (Wildman–Crippen MR) is 51.3 cm³/mol. The predicted octanol–water partition coefficient (Wildman–Crippen LogP) is 0.743.